The molecule has 0 bridgehead atoms. The Hall–Kier alpha value is -3.68. The molecule has 162 valence electrons. The molecule has 2 aromatic carbocycles. The van der Waals surface area contributed by atoms with Gasteiger partial charge in [-0.1, -0.05) is 18.2 Å². The molecule has 0 unspecified atom stereocenters. The number of hydrogen-bond acceptors (Lipinski definition) is 6. The fraction of sp³-hybridized carbons (Fsp3) is 0.304. The van der Waals surface area contributed by atoms with Crippen LogP contribution in [0.5, 0.6) is 5.75 Å². The summed E-state index contributed by atoms with van der Waals surface area (Å²) >= 11 is 0. The molecule has 3 rings (SSSR count). The average molecular weight is 423 g/mol. The molecule has 0 saturated carbocycles. The summed E-state index contributed by atoms with van der Waals surface area (Å²) < 4.78 is 11.9. The summed E-state index contributed by atoms with van der Waals surface area (Å²) in [4.78, 5) is 41.6. The molecular formula is C23H25N3O5. The maximum atomic E-state index is 12.5. The van der Waals surface area contributed by atoms with Crippen molar-refractivity contribution in [3.63, 3.8) is 0 Å². The molecule has 8 nitrogen and oxygen atoms in total. The number of methoxy groups -OCH3 is 1. The SMILES string of the molecule is COc1ccc(C)cc1NC(=O)[C@H](C)OC(=O)CCc1nc2ccccc2c(=O)n1C. The maximum absolute atomic E-state index is 12.5. The molecular weight excluding hydrogens is 398 g/mol. The van der Waals surface area contributed by atoms with Crippen molar-refractivity contribution in [3.8, 4) is 5.75 Å². The fourth-order valence-corrected chi connectivity index (χ4v) is 3.16. The van der Waals surface area contributed by atoms with E-state index in [1.54, 1.807) is 43.4 Å². The Morgan fingerprint density at radius 2 is 1.94 bits per heavy atom. The Morgan fingerprint density at radius 3 is 2.68 bits per heavy atom. The second-order valence-electron chi connectivity index (χ2n) is 7.23. The van der Waals surface area contributed by atoms with Crippen molar-refractivity contribution in [2.45, 2.75) is 32.8 Å². The van der Waals surface area contributed by atoms with Gasteiger partial charge in [-0.25, -0.2) is 4.98 Å². The molecule has 1 atom stereocenters. The molecule has 0 aliphatic heterocycles. The van der Waals surface area contributed by atoms with Crippen molar-refractivity contribution in [2.75, 3.05) is 12.4 Å². The fourth-order valence-electron chi connectivity index (χ4n) is 3.16. The Bertz CT molecular complexity index is 1190. The number of nitrogens with zero attached hydrogens (tertiary/aromatic N) is 2. The van der Waals surface area contributed by atoms with Crippen molar-refractivity contribution in [3.05, 3.63) is 64.2 Å². The number of benzene rings is 2. The molecule has 0 fully saturated rings. The zero-order valence-electron chi connectivity index (χ0n) is 18.0. The zero-order chi connectivity index (χ0) is 22.5. The number of anilines is 1. The number of esters is 1. The number of fused-ring (bicyclic) bond motifs is 1. The Morgan fingerprint density at radius 1 is 1.19 bits per heavy atom. The van der Waals surface area contributed by atoms with Crippen LogP contribution >= 0.6 is 0 Å². The number of nitrogens with one attached hydrogen (secondary N) is 1. The smallest absolute Gasteiger partial charge is 0.307 e. The zero-order valence-corrected chi connectivity index (χ0v) is 18.0. The summed E-state index contributed by atoms with van der Waals surface area (Å²) in [5.74, 6) is -0.0298. The lowest BCUT2D eigenvalue weighted by molar-refractivity contribution is -0.153. The lowest BCUT2D eigenvalue weighted by Gasteiger charge is -2.16. The van der Waals surface area contributed by atoms with Crippen LogP contribution in [0.3, 0.4) is 0 Å². The predicted octanol–water partition coefficient (Wildman–Crippen LogP) is 2.75. The van der Waals surface area contributed by atoms with Crippen LogP contribution in [0.2, 0.25) is 0 Å². The van der Waals surface area contributed by atoms with Gasteiger partial charge in [0.15, 0.2) is 6.10 Å². The van der Waals surface area contributed by atoms with Crippen LogP contribution in [0, 0.1) is 6.92 Å². The highest BCUT2D eigenvalue weighted by atomic mass is 16.5. The summed E-state index contributed by atoms with van der Waals surface area (Å²) in [6.07, 6.45) is -0.787. The van der Waals surface area contributed by atoms with Crippen LogP contribution in [0.15, 0.2) is 47.3 Å². The number of amides is 1. The van der Waals surface area contributed by atoms with Crippen molar-refractivity contribution < 1.29 is 19.1 Å². The topological polar surface area (TPSA) is 99.5 Å². The molecule has 1 N–H and O–H groups in total. The summed E-state index contributed by atoms with van der Waals surface area (Å²) in [5, 5.41) is 3.24. The van der Waals surface area contributed by atoms with Crippen LogP contribution in [0.25, 0.3) is 10.9 Å². The molecule has 0 radical (unpaired) electrons. The maximum Gasteiger partial charge on any atom is 0.307 e. The van der Waals surface area contributed by atoms with E-state index in [4.69, 9.17) is 9.47 Å². The number of aromatic nitrogens is 2. The summed E-state index contributed by atoms with van der Waals surface area (Å²) in [5.41, 5.74) is 1.86. The standard InChI is InChI=1S/C23H25N3O5/c1-14-9-10-19(30-4)18(13-14)25-22(28)15(2)31-21(27)12-11-20-24-17-8-6-5-7-16(17)23(29)26(20)3/h5-10,13,15H,11-12H2,1-4H3,(H,25,28)/t15-/m0/s1. The summed E-state index contributed by atoms with van der Waals surface area (Å²) in [6.45, 7) is 3.40. The van der Waals surface area contributed by atoms with Gasteiger partial charge in [0, 0.05) is 13.5 Å². The lowest BCUT2D eigenvalue weighted by atomic mass is 10.2. The number of hydrogen-bond donors (Lipinski definition) is 1. The third-order valence-electron chi connectivity index (χ3n) is 4.92. The minimum atomic E-state index is -0.994. The normalized spacial score (nSPS) is 11.7. The van der Waals surface area contributed by atoms with Gasteiger partial charge in [-0.2, -0.15) is 0 Å². The van der Waals surface area contributed by atoms with Crippen LogP contribution in [-0.2, 0) is 27.8 Å². The van der Waals surface area contributed by atoms with E-state index in [1.165, 1.54) is 18.6 Å². The van der Waals surface area contributed by atoms with E-state index in [9.17, 15) is 14.4 Å². The summed E-state index contributed by atoms with van der Waals surface area (Å²) in [6, 6.07) is 12.4. The van der Waals surface area contributed by atoms with E-state index < -0.39 is 18.0 Å². The molecule has 8 heteroatoms. The third kappa shape index (κ3) is 5.09. The second kappa shape index (κ2) is 9.42. The van der Waals surface area contributed by atoms with E-state index in [1.807, 2.05) is 13.0 Å². The van der Waals surface area contributed by atoms with Gasteiger partial charge in [0.25, 0.3) is 11.5 Å². The number of para-hydroxylation sites is 1. The number of ether oxygens (including phenoxy) is 2. The van der Waals surface area contributed by atoms with Gasteiger partial charge >= 0.3 is 5.97 Å². The van der Waals surface area contributed by atoms with E-state index in [0.29, 0.717) is 28.2 Å². The van der Waals surface area contributed by atoms with Gasteiger partial charge in [0.05, 0.1) is 30.1 Å². The average Bonchev–Trinajstić information content (AvgIpc) is 2.75. The third-order valence-corrected chi connectivity index (χ3v) is 4.92. The number of rotatable bonds is 7. The first-order chi connectivity index (χ1) is 14.8. The first-order valence-electron chi connectivity index (χ1n) is 9.89. The Labute approximate surface area is 179 Å². The molecule has 1 amide bonds. The van der Waals surface area contributed by atoms with Gasteiger partial charge in [-0.15, -0.1) is 0 Å². The lowest BCUT2D eigenvalue weighted by Crippen LogP contribution is -2.30. The largest absolute Gasteiger partial charge is 0.495 e. The summed E-state index contributed by atoms with van der Waals surface area (Å²) in [7, 11) is 3.13. The van der Waals surface area contributed by atoms with Crippen molar-refractivity contribution in [2.24, 2.45) is 7.05 Å². The number of aryl methyl sites for hydroxylation is 2. The molecule has 0 spiro atoms. The van der Waals surface area contributed by atoms with E-state index in [2.05, 4.69) is 10.3 Å². The Balaban J connectivity index is 1.61. The van der Waals surface area contributed by atoms with Crippen molar-refractivity contribution in [1.82, 2.24) is 9.55 Å². The molecule has 31 heavy (non-hydrogen) atoms. The van der Waals surface area contributed by atoms with E-state index in [-0.39, 0.29) is 18.4 Å². The predicted molar refractivity (Wildman–Crippen MR) is 117 cm³/mol. The highest BCUT2D eigenvalue weighted by Crippen LogP contribution is 2.25. The molecule has 0 saturated heterocycles. The van der Waals surface area contributed by atoms with E-state index in [0.717, 1.165) is 5.56 Å². The van der Waals surface area contributed by atoms with Gasteiger partial charge in [0.2, 0.25) is 0 Å². The molecule has 0 aliphatic carbocycles. The minimum Gasteiger partial charge on any atom is -0.495 e. The first kappa shape index (κ1) is 22.0. The Kier molecular flexibility index (Phi) is 6.69. The van der Waals surface area contributed by atoms with Gasteiger partial charge in [0.1, 0.15) is 11.6 Å². The van der Waals surface area contributed by atoms with E-state index >= 15 is 0 Å². The van der Waals surface area contributed by atoms with Gasteiger partial charge in [-0.05, 0) is 43.7 Å². The van der Waals surface area contributed by atoms with Crippen LogP contribution in [0.1, 0.15) is 24.7 Å². The molecule has 1 aromatic heterocycles. The van der Waals surface area contributed by atoms with Crippen LogP contribution in [0.4, 0.5) is 5.69 Å². The highest BCUT2D eigenvalue weighted by Gasteiger charge is 2.20. The first-order valence-corrected chi connectivity index (χ1v) is 9.89. The number of carbonyl (C=O) groups excluding carboxylic acids is 2. The second-order valence-corrected chi connectivity index (χ2v) is 7.23. The molecule has 3 aromatic rings. The van der Waals surface area contributed by atoms with Crippen LogP contribution in [-0.4, -0.2) is 34.6 Å². The minimum absolute atomic E-state index is 0.00991. The van der Waals surface area contributed by atoms with Gasteiger partial charge in [-0.3, -0.25) is 19.0 Å². The van der Waals surface area contributed by atoms with Crippen molar-refractivity contribution >= 4 is 28.5 Å². The molecule has 0 aliphatic rings. The van der Waals surface area contributed by atoms with Gasteiger partial charge < -0.3 is 14.8 Å². The number of carbonyl (C=O) groups is 2. The highest BCUT2D eigenvalue weighted by molar-refractivity contribution is 5.96. The van der Waals surface area contributed by atoms with Crippen LogP contribution < -0.4 is 15.6 Å². The van der Waals surface area contributed by atoms with Crippen molar-refractivity contribution in [1.29, 1.82) is 0 Å². The quantitative estimate of drug-likeness (QED) is 0.587. The molecule has 1 heterocycles. The monoisotopic (exact) mass is 423 g/mol.